The number of anilines is 1. The van der Waals surface area contributed by atoms with Crippen LogP contribution in [0.25, 0.3) is 0 Å². The average molecular weight is 316 g/mol. The van der Waals surface area contributed by atoms with Gasteiger partial charge in [-0.25, -0.2) is 9.98 Å². The van der Waals surface area contributed by atoms with Crippen molar-refractivity contribution in [1.29, 1.82) is 0 Å². The van der Waals surface area contributed by atoms with Crippen LogP contribution >= 0.6 is 11.3 Å². The summed E-state index contributed by atoms with van der Waals surface area (Å²) in [5, 5.41) is 4.28. The first-order valence-electron chi connectivity index (χ1n) is 7.65. The van der Waals surface area contributed by atoms with E-state index in [4.69, 9.17) is 5.73 Å². The van der Waals surface area contributed by atoms with Gasteiger partial charge in [0.2, 0.25) is 0 Å². The second kappa shape index (κ2) is 7.40. The highest BCUT2D eigenvalue weighted by molar-refractivity contribution is 7.11. The summed E-state index contributed by atoms with van der Waals surface area (Å²) in [7, 11) is 0. The van der Waals surface area contributed by atoms with E-state index in [0.717, 1.165) is 29.2 Å². The van der Waals surface area contributed by atoms with Gasteiger partial charge in [0.1, 0.15) is 5.01 Å². The molecule has 0 saturated heterocycles. The van der Waals surface area contributed by atoms with Gasteiger partial charge in [0, 0.05) is 10.6 Å². The van der Waals surface area contributed by atoms with E-state index in [1.807, 2.05) is 6.92 Å². The van der Waals surface area contributed by atoms with Crippen LogP contribution in [0, 0.1) is 13.8 Å². The van der Waals surface area contributed by atoms with E-state index < -0.39 is 0 Å². The van der Waals surface area contributed by atoms with Gasteiger partial charge in [-0.3, -0.25) is 0 Å². The van der Waals surface area contributed by atoms with E-state index in [1.54, 1.807) is 11.3 Å². The Bertz CT molecular complexity index is 632. The topological polar surface area (TPSA) is 63.3 Å². The minimum Gasteiger partial charge on any atom is -0.370 e. The number of nitrogens with zero attached hydrogens (tertiary/aromatic N) is 2. The second-order valence-electron chi connectivity index (χ2n) is 5.23. The molecular weight excluding hydrogens is 292 g/mol. The fraction of sp³-hybridized carbons (Fsp3) is 0.412. The largest absolute Gasteiger partial charge is 0.370 e. The molecule has 0 unspecified atom stereocenters. The summed E-state index contributed by atoms with van der Waals surface area (Å²) in [4.78, 5) is 10.1. The molecule has 1 aromatic heterocycles. The predicted octanol–water partition coefficient (Wildman–Crippen LogP) is 3.81. The molecule has 1 heterocycles. The average Bonchev–Trinajstić information content (AvgIpc) is 2.84. The zero-order chi connectivity index (χ0) is 16.1. The number of thiazole rings is 1. The summed E-state index contributed by atoms with van der Waals surface area (Å²) < 4.78 is 0. The smallest absolute Gasteiger partial charge is 0.193 e. The molecule has 0 aliphatic carbocycles. The molecule has 0 saturated carbocycles. The van der Waals surface area contributed by atoms with Gasteiger partial charge in [0.25, 0.3) is 0 Å². The summed E-state index contributed by atoms with van der Waals surface area (Å²) in [5.41, 5.74) is 10.8. The minimum atomic E-state index is 0.445. The summed E-state index contributed by atoms with van der Waals surface area (Å²) >= 11 is 1.68. The van der Waals surface area contributed by atoms with Gasteiger partial charge in [0.15, 0.2) is 5.96 Å². The number of nitrogens with two attached hydrogens (primary N) is 1. The van der Waals surface area contributed by atoms with E-state index in [1.165, 1.54) is 16.0 Å². The molecule has 3 N–H and O–H groups in total. The molecule has 5 heteroatoms. The Morgan fingerprint density at radius 2 is 1.86 bits per heavy atom. The van der Waals surface area contributed by atoms with Gasteiger partial charge in [-0.15, -0.1) is 11.3 Å². The molecule has 0 aliphatic rings. The van der Waals surface area contributed by atoms with Crippen LogP contribution in [-0.2, 0) is 19.4 Å². The van der Waals surface area contributed by atoms with Crippen molar-refractivity contribution < 1.29 is 0 Å². The lowest BCUT2D eigenvalue weighted by molar-refractivity contribution is 1.01. The maximum atomic E-state index is 6.06. The number of aryl methyl sites for hydroxylation is 4. The lowest BCUT2D eigenvalue weighted by Gasteiger charge is -2.14. The Kier molecular flexibility index (Phi) is 5.55. The first-order valence-corrected chi connectivity index (χ1v) is 8.47. The maximum absolute atomic E-state index is 6.06. The molecule has 0 atom stereocenters. The third-order valence-electron chi connectivity index (χ3n) is 3.71. The van der Waals surface area contributed by atoms with Crippen LogP contribution in [0.1, 0.15) is 40.6 Å². The Morgan fingerprint density at radius 3 is 2.36 bits per heavy atom. The molecule has 1 aromatic carbocycles. The molecule has 118 valence electrons. The molecule has 4 nitrogen and oxygen atoms in total. The van der Waals surface area contributed by atoms with Crippen molar-refractivity contribution in [2.75, 3.05) is 5.32 Å². The third-order valence-corrected chi connectivity index (χ3v) is 4.77. The van der Waals surface area contributed by atoms with Gasteiger partial charge in [-0.05, 0) is 37.8 Å². The highest BCUT2D eigenvalue weighted by atomic mass is 32.1. The second-order valence-corrected chi connectivity index (χ2v) is 6.52. The Balaban J connectivity index is 2.14. The zero-order valence-electron chi connectivity index (χ0n) is 13.7. The maximum Gasteiger partial charge on any atom is 0.193 e. The van der Waals surface area contributed by atoms with Crippen molar-refractivity contribution in [3.63, 3.8) is 0 Å². The monoisotopic (exact) mass is 316 g/mol. The van der Waals surface area contributed by atoms with Gasteiger partial charge in [-0.1, -0.05) is 32.0 Å². The van der Waals surface area contributed by atoms with Crippen LogP contribution < -0.4 is 11.1 Å². The highest BCUT2D eigenvalue weighted by Crippen LogP contribution is 2.22. The first kappa shape index (κ1) is 16.5. The van der Waals surface area contributed by atoms with Crippen molar-refractivity contribution in [3.05, 3.63) is 44.9 Å². The number of aromatic nitrogens is 1. The molecule has 0 radical (unpaired) electrons. The fourth-order valence-corrected chi connectivity index (χ4v) is 3.19. The number of nitrogens with one attached hydrogen (secondary N) is 1. The van der Waals surface area contributed by atoms with Crippen LogP contribution in [0.4, 0.5) is 5.69 Å². The van der Waals surface area contributed by atoms with Gasteiger partial charge < -0.3 is 11.1 Å². The van der Waals surface area contributed by atoms with Crippen molar-refractivity contribution >= 4 is 23.0 Å². The van der Waals surface area contributed by atoms with Crippen LogP contribution in [0.3, 0.4) is 0 Å². The lowest BCUT2D eigenvalue weighted by Crippen LogP contribution is -2.24. The fourth-order valence-electron chi connectivity index (χ4n) is 2.33. The predicted molar refractivity (Wildman–Crippen MR) is 95.7 cm³/mol. The molecule has 22 heavy (non-hydrogen) atoms. The van der Waals surface area contributed by atoms with Crippen molar-refractivity contribution in [3.8, 4) is 0 Å². The molecule has 0 spiro atoms. The van der Waals surface area contributed by atoms with Crippen LogP contribution in [-0.4, -0.2) is 10.9 Å². The van der Waals surface area contributed by atoms with Crippen molar-refractivity contribution in [2.24, 2.45) is 10.7 Å². The molecule has 0 bridgehead atoms. The van der Waals surface area contributed by atoms with E-state index in [2.05, 4.69) is 54.3 Å². The summed E-state index contributed by atoms with van der Waals surface area (Å²) in [6.45, 7) is 8.91. The van der Waals surface area contributed by atoms with Gasteiger partial charge in [0.05, 0.1) is 12.2 Å². The Morgan fingerprint density at radius 1 is 1.23 bits per heavy atom. The van der Waals surface area contributed by atoms with Crippen LogP contribution in [0.2, 0.25) is 0 Å². The van der Waals surface area contributed by atoms with Gasteiger partial charge >= 0.3 is 0 Å². The summed E-state index contributed by atoms with van der Waals surface area (Å²) in [5.74, 6) is 0.445. The molecule has 0 fully saturated rings. The Hall–Kier alpha value is -1.88. The molecular formula is C17H24N4S. The Labute approximate surface area is 136 Å². The minimum absolute atomic E-state index is 0.445. The van der Waals surface area contributed by atoms with Crippen molar-refractivity contribution in [1.82, 2.24) is 4.98 Å². The molecule has 0 amide bonds. The van der Waals surface area contributed by atoms with E-state index in [0.29, 0.717) is 12.5 Å². The number of rotatable bonds is 5. The number of benzene rings is 1. The SMILES string of the molecule is CCc1cccc(CC)c1NC(N)=NCc1nc(C)c(C)s1. The molecule has 2 rings (SSSR count). The number of hydrogen-bond acceptors (Lipinski definition) is 3. The van der Waals surface area contributed by atoms with E-state index >= 15 is 0 Å². The highest BCUT2D eigenvalue weighted by Gasteiger charge is 2.07. The number of para-hydroxylation sites is 1. The van der Waals surface area contributed by atoms with E-state index in [9.17, 15) is 0 Å². The zero-order valence-corrected chi connectivity index (χ0v) is 14.5. The van der Waals surface area contributed by atoms with Crippen LogP contribution in [0.5, 0.6) is 0 Å². The number of guanidine groups is 1. The summed E-state index contributed by atoms with van der Waals surface area (Å²) in [6, 6.07) is 6.35. The van der Waals surface area contributed by atoms with Crippen molar-refractivity contribution in [2.45, 2.75) is 47.1 Å². The standard InChI is InChI=1S/C17H24N4S/c1-5-13-8-7-9-14(6-2)16(13)21-17(18)19-10-15-20-11(3)12(4)22-15/h7-9H,5-6,10H2,1-4H3,(H3,18,19,21). The molecule has 2 aromatic rings. The quantitative estimate of drug-likeness (QED) is 0.651. The first-order chi connectivity index (χ1) is 10.5. The summed E-state index contributed by atoms with van der Waals surface area (Å²) in [6.07, 6.45) is 1.93. The van der Waals surface area contributed by atoms with E-state index in [-0.39, 0.29) is 0 Å². The normalized spacial score (nSPS) is 11.7. The number of aliphatic imine (C=N–C) groups is 1. The lowest BCUT2D eigenvalue weighted by atomic mass is 10.0. The third kappa shape index (κ3) is 3.85. The van der Waals surface area contributed by atoms with Gasteiger partial charge in [-0.2, -0.15) is 0 Å². The molecule has 0 aliphatic heterocycles. The van der Waals surface area contributed by atoms with Crippen LogP contribution in [0.15, 0.2) is 23.2 Å². The number of hydrogen-bond donors (Lipinski definition) is 2.